The van der Waals surface area contributed by atoms with Gasteiger partial charge in [-0.3, -0.25) is 4.90 Å². The Balaban J connectivity index is 1.72. The van der Waals surface area contributed by atoms with Gasteiger partial charge in [-0.2, -0.15) is 0 Å². The Kier molecular flexibility index (Phi) is 4.11. The van der Waals surface area contributed by atoms with E-state index in [9.17, 15) is 5.11 Å². The molecule has 3 nitrogen and oxygen atoms in total. The van der Waals surface area contributed by atoms with Crippen molar-refractivity contribution in [3.63, 3.8) is 0 Å². The molecule has 1 aliphatic rings. The molecule has 0 saturated carbocycles. The molecule has 0 aliphatic carbocycles. The molecule has 0 radical (unpaired) electrons. The van der Waals surface area contributed by atoms with Gasteiger partial charge in [-0.05, 0) is 42.2 Å². The molecule has 1 N–H and O–H groups in total. The summed E-state index contributed by atoms with van der Waals surface area (Å²) in [5.74, 6) is 1.14. The van der Waals surface area contributed by atoms with Gasteiger partial charge in [0.15, 0.2) is 0 Å². The maximum atomic E-state index is 10.0. The van der Waals surface area contributed by atoms with Gasteiger partial charge in [-0.25, -0.2) is 0 Å². The summed E-state index contributed by atoms with van der Waals surface area (Å²) < 4.78 is 5.24. The summed E-state index contributed by atoms with van der Waals surface area (Å²) in [7, 11) is 1.65. The largest absolute Gasteiger partial charge is 0.508 e. The predicted octanol–water partition coefficient (Wildman–Crippen LogP) is 3.00. The highest BCUT2D eigenvalue weighted by atomic mass is 16.5. The second-order valence-corrected chi connectivity index (χ2v) is 5.54. The van der Waals surface area contributed by atoms with Crippen LogP contribution in [-0.2, 0) is 19.4 Å². The Hall–Kier alpha value is -2.00. The summed E-state index contributed by atoms with van der Waals surface area (Å²) in [6.45, 7) is 2.80. The van der Waals surface area contributed by atoms with E-state index < -0.39 is 0 Å². The zero-order chi connectivity index (χ0) is 14.7. The van der Waals surface area contributed by atoms with E-state index in [0.717, 1.165) is 43.8 Å². The maximum Gasteiger partial charge on any atom is 0.120 e. The molecular formula is C18H21NO2. The van der Waals surface area contributed by atoms with Gasteiger partial charge in [0, 0.05) is 25.2 Å². The van der Waals surface area contributed by atoms with Crippen molar-refractivity contribution in [2.75, 3.05) is 20.2 Å². The summed E-state index contributed by atoms with van der Waals surface area (Å²) in [6, 6.07) is 14.1. The van der Waals surface area contributed by atoms with Crippen LogP contribution in [0.4, 0.5) is 0 Å². The summed E-state index contributed by atoms with van der Waals surface area (Å²) in [4.78, 5) is 2.40. The normalized spacial score (nSPS) is 15.3. The van der Waals surface area contributed by atoms with Crippen molar-refractivity contribution in [3.8, 4) is 11.5 Å². The number of hydrogen-bond donors (Lipinski definition) is 1. The number of aromatic hydroxyl groups is 1. The summed E-state index contributed by atoms with van der Waals surface area (Å²) in [5, 5.41) is 10.0. The van der Waals surface area contributed by atoms with Crippen molar-refractivity contribution in [2.24, 2.45) is 0 Å². The molecule has 2 aromatic carbocycles. The molecule has 0 saturated heterocycles. The molecule has 1 heterocycles. The van der Waals surface area contributed by atoms with Crippen molar-refractivity contribution in [3.05, 3.63) is 59.2 Å². The van der Waals surface area contributed by atoms with E-state index in [1.165, 1.54) is 11.1 Å². The third-order valence-corrected chi connectivity index (χ3v) is 4.19. The Morgan fingerprint density at radius 1 is 1.05 bits per heavy atom. The smallest absolute Gasteiger partial charge is 0.120 e. The molecule has 110 valence electrons. The first kappa shape index (κ1) is 14.0. The van der Waals surface area contributed by atoms with Crippen LogP contribution in [0.25, 0.3) is 0 Å². The van der Waals surface area contributed by atoms with Crippen LogP contribution in [0.3, 0.4) is 0 Å². The summed E-state index contributed by atoms with van der Waals surface area (Å²) >= 11 is 0. The Morgan fingerprint density at radius 3 is 2.33 bits per heavy atom. The van der Waals surface area contributed by atoms with Crippen LogP contribution in [0, 0.1) is 0 Å². The van der Waals surface area contributed by atoms with Crippen LogP contribution < -0.4 is 4.74 Å². The van der Waals surface area contributed by atoms with E-state index in [1.807, 2.05) is 6.07 Å². The molecule has 0 spiro atoms. The van der Waals surface area contributed by atoms with Gasteiger partial charge >= 0.3 is 0 Å². The van der Waals surface area contributed by atoms with Gasteiger partial charge in [0.1, 0.15) is 11.5 Å². The number of nitrogens with zero attached hydrogens (tertiary/aromatic N) is 1. The first-order valence-electron chi connectivity index (χ1n) is 7.41. The standard InChI is InChI=1S/C18H21NO2/c1-21-17-6-7-18(20)16(12-17)13-19-10-8-14-4-2-3-5-15(14)9-11-19/h2-7,12,20H,8-11,13H2,1H3. The summed E-state index contributed by atoms with van der Waals surface area (Å²) in [6.07, 6.45) is 2.14. The fourth-order valence-corrected chi connectivity index (χ4v) is 2.93. The Labute approximate surface area is 125 Å². The molecule has 1 aliphatic heterocycles. The van der Waals surface area contributed by atoms with E-state index >= 15 is 0 Å². The molecule has 3 rings (SSSR count). The average molecular weight is 283 g/mol. The minimum absolute atomic E-state index is 0.345. The second kappa shape index (κ2) is 6.19. The molecule has 21 heavy (non-hydrogen) atoms. The SMILES string of the molecule is COc1ccc(O)c(CN2CCc3ccccc3CC2)c1. The lowest BCUT2D eigenvalue weighted by Crippen LogP contribution is -2.26. The lowest BCUT2D eigenvalue weighted by Gasteiger charge is -2.20. The average Bonchev–Trinajstić information content (AvgIpc) is 2.72. The number of methoxy groups -OCH3 is 1. The number of phenolic OH excluding ortho intramolecular Hbond substituents is 1. The third-order valence-electron chi connectivity index (χ3n) is 4.19. The van der Waals surface area contributed by atoms with Crippen LogP contribution in [0.2, 0.25) is 0 Å². The lowest BCUT2D eigenvalue weighted by molar-refractivity contribution is 0.274. The van der Waals surface area contributed by atoms with Crippen LogP contribution in [0.1, 0.15) is 16.7 Å². The van der Waals surface area contributed by atoms with Gasteiger partial charge in [0.25, 0.3) is 0 Å². The number of benzene rings is 2. The number of hydrogen-bond acceptors (Lipinski definition) is 3. The number of rotatable bonds is 3. The molecule has 2 aromatic rings. The number of fused-ring (bicyclic) bond motifs is 1. The Bertz CT molecular complexity index is 597. The number of phenols is 1. The molecule has 0 fully saturated rings. The first-order valence-corrected chi connectivity index (χ1v) is 7.41. The van der Waals surface area contributed by atoms with Gasteiger partial charge < -0.3 is 9.84 Å². The van der Waals surface area contributed by atoms with E-state index in [1.54, 1.807) is 19.2 Å². The molecule has 0 bridgehead atoms. The fraction of sp³-hybridized carbons (Fsp3) is 0.333. The number of ether oxygens (including phenoxy) is 1. The van der Waals surface area contributed by atoms with E-state index in [4.69, 9.17) is 4.74 Å². The third kappa shape index (κ3) is 3.19. The van der Waals surface area contributed by atoms with E-state index in [0.29, 0.717) is 5.75 Å². The van der Waals surface area contributed by atoms with E-state index in [2.05, 4.69) is 29.2 Å². The molecule has 0 aromatic heterocycles. The van der Waals surface area contributed by atoms with Gasteiger partial charge in [-0.1, -0.05) is 24.3 Å². The monoisotopic (exact) mass is 283 g/mol. The highest BCUT2D eigenvalue weighted by Gasteiger charge is 2.15. The van der Waals surface area contributed by atoms with Gasteiger partial charge in [0.05, 0.1) is 7.11 Å². The molecule has 0 amide bonds. The van der Waals surface area contributed by atoms with Gasteiger partial charge in [0.2, 0.25) is 0 Å². The van der Waals surface area contributed by atoms with E-state index in [-0.39, 0.29) is 0 Å². The van der Waals surface area contributed by atoms with Crippen molar-refractivity contribution < 1.29 is 9.84 Å². The lowest BCUT2D eigenvalue weighted by atomic mass is 10.0. The zero-order valence-corrected chi connectivity index (χ0v) is 12.4. The topological polar surface area (TPSA) is 32.7 Å². The van der Waals surface area contributed by atoms with Crippen molar-refractivity contribution >= 4 is 0 Å². The minimum atomic E-state index is 0.345. The Morgan fingerprint density at radius 2 is 1.71 bits per heavy atom. The minimum Gasteiger partial charge on any atom is -0.508 e. The highest BCUT2D eigenvalue weighted by molar-refractivity contribution is 5.39. The molecular weight excluding hydrogens is 262 g/mol. The zero-order valence-electron chi connectivity index (χ0n) is 12.4. The van der Waals surface area contributed by atoms with Crippen molar-refractivity contribution in [2.45, 2.75) is 19.4 Å². The van der Waals surface area contributed by atoms with Crippen LogP contribution in [0.15, 0.2) is 42.5 Å². The second-order valence-electron chi connectivity index (χ2n) is 5.54. The van der Waals surface area contributed by atoms with Crippen LogP contribution in [-0.4, -0.2) is 30.2 Å². The quantitative estimate of drug-likeness (QED) is 0.940. The predicted molar refractivity (Wildman–Crippen MR) is 83.8 cm³/mol. The fourth-order valence-electron chi connectivity index (χ4n) is 2.93. The first-order chi connectivity index (χ1) is 10.3. The maximum absolute atomic E-state index is 10.0. The summed E-state index contributed by atoms with van der Waals surface area (Å²) in [5.41, 5.74) is 3.84. The molecule has 0 atom stereocenters. The van der Waals surface area contributed by atoms with Crippen LogP contribution >= 0.6 is 0 Å². The molecule has 3 heteroatoms. The van der Waals surface area contributed by atoms with Crippen molar-refractivity contribution in [1.29, 1.82) is 0 Å². The van der Waals surface area contributed by atoms with Crippen LogP contribution in [0.5, 0.6) is 11.5 Å². The highest BCUT2D eigenvalue weighted by Crippen LogP contribution is 2.25. The van der Waals surface area contributed by atoms with Crippen molar-refractivity contribution in [1.82, 2.24) is 4.90 Å². The van der Waals surface area contributed by atoms with Gasteiger partial charge in [-0.15, -0.1) is 0 Å². The molecule has 0 unspecified atom stereocenters.